The number of ether oxygens (including phenoxy) is 2. The zero-order valence-electron chi connectivity index (χ0n) is 17.4. The smallest absolute Gasteiger partial charge is 0.349 e. The highest BCUT2D eigenvalue weighted by Gasteiger charge is 2.31. The van der Waals surface area contributed by atoms with Crippen LogP contribution in [0.4, 0.5) is 0 Å². The van der Waals surface area contributed by atoms with E-state index in [0.29, 0.717) is 41.2 Å². The largest absolute Gasteiger partial charge is 0.476 e. The first kappa shape index (κ1) is 24.8. The summed E-state index contributed by atoms with van der Waals surface area (Å²) in [6.45, 7) is 3.56. The maximum atomic E-state index is 12.5. The van der Waals surface area contributed by atoms with Gasteiger partial charge in [-0.05, 0) is 81.6 Å². The predicted octanol–water partition coefficient (Wildman–Crippen LogP) is 4.45. The number of ketones is 1. The third-order valence-electron chi connectivity index (χ3n) is 4.32. The molecule has 0 amide bonds. The van der Waals surface area contributed by atoms with Crippen molar-refractivity contribution in [3.8, 4) is 5.75 Å². The number of hydrogen-bond donors (Lipinski definition) is 2. The Labute approximate surface area is 185 Å². The van der Waals surface area contributed by atoms with Crippen LogP contribution in [0.1, 0.15) is 49.0 Å². The third-order valence-corrected chi connectivity index (χ3v) is 4.57. The van der Waals surface area contributed by atoms with Gasteiger partial charge in [-0.2, -0.15) is 0 Å². The van der Waals surface area contributed by atoms with Crippen LogP contribution in [0.25, 0.3) is 0 Å². The standard InChI is InChI=1S/C22H26ClNO7/c1-22(2,21(26)29-14-4-3-5-15-30-24(27)28)31-19-12-8-17(9-13-19)20(25)16-6-10-18(23)11-7-16/h6-13,27-28H,3-5,14-15H2,1-2H3. The van der Waals surface area contributed by atoms with Crippen molar-refractivity contribution >= 4 is 23.4 Å². The Kier molecular flexibility index (Phi) is 9.42. The molecule has 2 N–H and O–H groups in total. The van der Waals surface area contributed by atoms with Gasteiger partial charge in [-0.3, -0.25) is 20.0 Å². The minimum Gasteiger partial charge on any atom is -0.476 e. The van der Waals surface area contributed by atoms with Crippen LogP contribution >= 0.6 is 11.6 Å². The summed E-state index contributed by atoms with van der Waals surface area (Å²) in [6, 6.07) is 13.2. The molecule has 2 rings (SSSR count). The van der Waals surface area contributed by atoms with Gasteiger partial charge in [0, 0.05) is 16.1 Å². The van der Waals surface area contributed by atoms with Crippen molar-refractivity contribution < 1.29 is 34.3 Å². The van der Waals surface area contributed by atoms with Crippen LogP contribution in [0.3, 0.4) is 0 Å². The van der Waals surface area contributed by atoms with Crippen molar-refractivity contribution in [2.45, 2.75) is 38.7 Å². The molecule has 0 aliphatic rings. The average molecular weight is 452 g/mol. The molecule has 0 heterocycles. The fraction of sp³-hybridized carbons (Fsp3) is 0.364. The molecule has 0 saturated carbocycles. The van der Waals surface area contributed by atoms with Crippen LogP contribution in [0.15, 0.2) is 48.5 Å². The molecule has 0 aromatic heterocycles. The van der Waals surface area contributed by atoms with E-state index in [-0.39, 0.29) is 24.4 Å². The van der Waals surface area contributed by atoms with E-state index in [4.69, 9.17) is 31.5 Å². The summed E-state index contributed by atoms with van der Waals surface area (Å²) in [5.41, 5.74) is -0.192. The zero-order valence-corrected chi connectivity index (χ0v) is 18.2. The topological polar surface area (TPSA) is 106 Å². The zero-order chi connectivity index (χ0) is 22.9. The lowest BCUT2D eigenvalue weighted by molar-refractivity contribution is -0.492. The monoisotopic (exact) mass is 451 g/mol. The summed E-state index contributed by atoms with van der Waals surface area (Å²) >= 11 is 5.85. The first-order chi connectivity index (χ1) is 14.7. The molecule has 9 heteroatoms. The molecule has 8 nitrogen and oxygen atoms in total. The number of halogens is 1. The van der Waals surface area contributed by atoms with Crippen LogP contribution in [0.2, 0.25) is 5.02 Å². The normalized spacial score (nSPS) is 11.4. The number of carbonyl (C=O) groups is 2. The molecule has 0 fully saturated rings. The lowest BCUT2D eigenvalue weighted by atomic mass is 10.0. The Balaban J connectivity index is 1.81. The molecule has 0 radical (unpaired) electrons. The van der Waals surface area contributed by atoms with E-state index in [0.717, 1.165) is 0 Å². The minimum absolute atomic E-state index is 0.141. The van der Waals surface area contributed by atoms with Gasteiger partial charge in [0.15, 0.2) is 11.4 Å². The van der Waals surface area contributed by atoms with Crippen LogP contribution in [0, 0.1) is 0 Å². The quantitative estimate of drug-likeness (QED) is 0.211. The van der Waals surface area contributed by atoms with Gasteiger partial charge in [-0.1, -0.05) is 11.6 Å². The highest BCUT2D eigenvalue weighted by atomic mass is 35.5. The summed E-state index contributed by atoms with van der Waals surface area (Å²) in [5, 5.41) is 17.0. The summed E-state index contributed by atoms with van der Waals surface area (Å²) in [5.74, 6) is -0.218. The van der Waals surface area contributed by atoms with Gasteiger partial charge in [0.05, 0.1) is 18.6 Å². The van der Waals surface area contributed by atoms with Crippen LogP contribution < -0.4 is 4.74 Å². The Morgan fingerprint density at radius 2 is 1.45 bits per heavy atom. The summed E-state index contributed by atoms with van der Waals surface area (Å²) < 4.78 is 11.0. The molecule has 0 bridgehead atoms. The first-order valence-corrected chi connectivity index (χ1v) is 10.1. The molecule has 0 atom stereocenters. The van der Waals surface area contributed by atoms with Gasteiger partial charge in [0.2, 0.25) is 0 Å². The predicted molar refractivity (Wildman–Crippen MR) is 112 cm³/mol. The Morgan fingerprint density at radius 3 is 2.03 bits per heavy atom. The molecule has 0 unspecified atom stereocenters. The van der Waals surface area contributed by atoms with Crippen molar-refractivity contribution in [1.82, 2.24) is 5.39 Å². The first-order valence-electron chi connectivity index (χ1n) is 9.76. The number of unbranched alkanes of at least 4 members (excludes halogenated alkanes) is 2. The van der Waals surface area contributed by atoms with Gasteiger partial charge in [0.1, 0.15) is 5.75 Å². The second-order valence-electron chi connectivity index (χ2n) is 7.26. The number of nitrogens with zero attached hydrogens (tertiary/aromatic N) is 1. The van der Waals surface area contributed by atoms with E-state index >= 15 is 0 Å². The number of benzene rings is 2. The van der Waals surface area contributed by atoms with E-state index in [1.807, 2.05) is 0 Å². The molecule has 168 valence electrons. The lowest BCUT2D eigenvalue weighted by Crippen LogP contribution is -2.39. The molecular weight excluding hydrogens is 426 g/mol. The van der Waals surface area contributed by atoms with Crippen molar-refractivity contribution in [3.05, 3.63) is 64.7 Å². The Bertz CT molecular complexity index is 851. The van der Waals surface area contributed by atoms with Crippen LogP contribution in [0.5, 0.6) is 5.75 Å². The molecule has 2 aromatic rings. The molecule has 31 heavy (non-hydrogen) atoms. The van der Waals surface area contributed by atoms with Gasteiger partial charge >= 0.3 is 5.97 Å². The van der Waals surface area contributed by atoms with E-state index < -0.39 is 11.6 Å². The lowest BCUT2D eigenvalue weighted by Gasteiger charge is -2.24. The van der Waals surface area contributed by atoms with Crippen molar-refractivity contribution in [3.63, 3.8) is 0 Å². The van der Waals surface area contributed by atoms with E-state index in [1.54, 1.807) is 62.4 Å². The van der Waals surface area contributed by atoms with Gasteiger partial charge in [0.25, 0.3) is 0 Å². The molecule has 2 aromatic carbocycles. The van der Waals surface area contributed by atoms with Gasteiger partial charge in [-0.25, -0.2) is 4.79 Å². The number of esters is 1. The number of carbonyl (C=O) groups excluding carboxylic acids is 2. The van der Waals surface area contributed by atoms with Crippen molar-refractivity contribution in [2.75, 3.05) is 13.2 Å². The SMILES string of the molecule is CC(C)(Oc1ccc(C(=O)c2ccc(Cl)cc2)cc1)C(=O)OCCCCCON(O)O. The second-order valence-corrected chi connectivity index (χ2v) is 7.69. The molecule has 0 aliphatic heterocycles. The van der Waals surface area contributed by atoms with Crippen molar-refractivity contribution in [1.29, 1.82) is 0 Å². The van der Waals surface area contributed by atoms with Crippen molar-refractivity contribution in [2.24, 2.45) is 0 Å². The van der Waals surface area contributed by atoms with E-state index in [9.17, 15) is 9.59 Å². The number of rotatable bonds is 12. The maximum absolute atomic E-state index is 12.5. The van der Waals surface area contributed by atoms with E-state index in [2.05, 4.69) is 4.84 Å². The van der Waals surface area contributed by atoms with Gasteiger partial charge in [-0.15, -0.1) is 0 Å². The highest BCUT2D eigenvalue weighted by molar-refractivity contribution is 6.30. The fourth-order valence-corrected chi connectivity index (χ4v) is 2.77. The fourth-order valence-electron chi connectivity index (χ4n) is 2.64. The highest BCUT2D eigenvalue weighted by Crippen LogP contribution is 2.22. The molecular formula is C22H26ClNO7. The Morgan fingerprint density at radius 1 is 0.903 bits per heavy atom. The maximum Gasteiger partial charge on any atom is 0.349 e. The molecule has 0 aliphatic carbocycles. The minimum atomic E-state index is -1.21. The average Bonchev–Trinajstić information content (AvgIpc) is 2.73. The van der Waals surface area contributed by atoms with Crippen LogP contribution in [-0.4, -0.2) is 46.4 Å². The van der Waals surface area contributed by atoms with E-state index in [1.165, 1.54) is 0 Å². The molecule has 0 spiro atoms. The number of hydrogen-bond acceptors (Lipinski definition) is 8. The Hall–Kier alpha value is -2.49. The third kappa shape index (κ3) is 8.28. The summed E-state index contributed by atoms with van der Waals surface area (Å²) in [6.07, 6.45) is 1.87. The van der Waals surface area contributed by atoms with Gasteiger partial charge < -0.3 is 9.47 Å². The summed E-state index contributed by atoms with van der Waals surface area (Å²) in [7, 11) is 0. The second kappa shape index (κ2) is 11.8. The van der Waals surface area contributed by atoms with Crippen LogP contribution in [-0.2, 0) is 14.4 Å². The molecule has 0 saturated heterocycles. The summed E-state index contributed by atoms with van der Waals surface area (Å²) in [4.78, 5) is 29.3.